The monoisotopic (exact) mass is 307 g/mol. The summed E-state index contributed by atoms with van der Waals surface area (Å²) in [7, 11) is 0. The molecule has 114 valence electrons. The molecular formula is C15H21N3O2S. The van der Waals surface area contributed by atoms with E-state index in [4.69, 9.17) is 5.73 Å². The number of hydrogen-bond acceptors (Lipinski definition) is 4. The van der Waals surface area contributed by atoms with Crippen molar-refractivity contribution < 1.29 is 9.59 Å². The molecule has 0 saturated carbocycles. The molecule has 0 aromatic heterocycles. The second-order valence-corrected chi connectivity index (χ2v) is 6.00. The van der Waals surface area contributed by atoms with Crippen molar-refractivity contribution in [1.82, 2.24) is 10.2 Å². The Morgan fingerprint density at radius 2 is 2.10 bits per heavy atom. The molecule has 1 unspecified atom stereocenters. The molecule has 1 aromatic rings. The Balaban J connectivity index is 1.87. The molecule has 2 amide bonds. The third-order valence-corrected chi connectivity index (χ3v) is 4.36. The number of rotatable bonds is 5. The van der Waals surface area contributed by atoms with Crippen LogP contribution >= 0.6 is 11.8 Å². The second kappa shape index (κ2) is 8.05. The molecule has 2 rings (SSSR count). The van der Waals surface area contributed by atoms with Crippen molar-refractivity contribution in [3.05, 3.63) is 35.9 Å². The van der Waals surface area contributed by atoms with Gasteiger partial charge in [-0.25, -0.2) is 0 Å². The highest BCUT2D eigenvalue weighted by atomic mass is 32.2. The molecule has 21 heavy (non-hydrogen) atoms. The highest BCUT2D eigenvalue weighted by molar-refractivity contribution is 8.13. The number of nitrogens with two attached hydrogens (primary N) is 1. The summed E-state index contributed by atoms with van der Waals surface area (Å²) in [5.41, 5.74) is 6.47. The van der Waals surface area contributed by atoms with E-state index in [0.29, 0.717) is 25.4 Å². The van der Waals surface area contributed by atoms with Gasteiger partial charge in [-0.2, -0.15) is 0 Å². The van der Waals surface area contributed by atoms with Crippen molar-refractivity contribution in [1.29, 1.82) is 0 Å². The Hall–Kier alpha value is -1.53. The molecular weight excluding hydrogens is 286 g/mol. The van der Waals surface area contributed by atoms with E-state index in [1.807, 2.05) is 30.3 Å². The van der Waals surface area contributed by atoms with Gasteiger partial charge in [0.25, 0.3) is 5.24 Å². The molecule has 1 atom stereocenters. The highest BCUT2D eigenvalue weighted by Crippen LogP contribution is 2.22. The normalized spacial score (nSPS) is 17.8. The van der Waals surface area contributed by atoms with E-state index < -0.39 is 0 Å². The standard InChI is InChI=1S/C15H21N3O2S/c16-8-10-21-15(20)18-9-4-7-13(18)14(19)17-11-12-5-2-1-3-6-12/h1-3,5-6,13H,4,7-11,16H2,(H,17,19). The minimum absolute atomic E-state index is 0.0437. The molecule has 6 heteroatoms. The molecule has 1 aromatic carbocycles. The summed E-state index contributed by atoms with van der Waals surface area (Å²) in [6, 6.07) is 9.42. The van der Waals surface area contributed by atoms with Gasteiger partial charge in [-0.05, 0) is 18.4 Å². The average molecular weight is 307 g/mol. The number of carbonyl (C=O) groups excluding carboxylic acids is 2. The third-order valence-electron chi connectivity index (χ3n) is 3.44. The van der Waals surface area contributed by atoms with E-state index in [0.717, 1.165) is 18.4 Å². The first-order valence-electron chi connectivity index (χ1n) is 7.17. The third kappa shape index (κ3) is 4.47. The Morgan fingerprint density at radius 3 is 2.81 bits per heavy atom. The first-order chi connectivity index (χ1) is 10.2. The maximum absolute atomic E-state index is 12.3. The molecule has 3 N–H and O–H groups in total. The van der Waals surface area contributed by atoms with Crippen molar-refractivity contribution >= 4 is 22.9 Å². The van der Waals surface area contributed by atoms with Gasteiger partial charge in [0.1, 0.15) is 6.04 Å². The molecule has 5 nitrogen and oxygen atoms in total. The van der Waals surface area contributed by atoms with Gasteiger partial charge in [-0.15, -0.1) is 0 Å². The number of hydrogen-bond donors (Lipinski definition) is 2. The van der Waals surface area contributed by atoms with E-state index in [-0.39, 0.29) is 17.2 Å². The number of thioether (sulfide) groups is 1. The van der Waals surface area contributed by atoms with Crippen molar-refractivity contribution in [3.63, 3.8) is 0 Å². The summed E-state index contributed by atoms with van der Waals surface area (Å²) in [6.45, 7) is 1.61. The quantitative estimate of drug-likeness (QED) is 0.866. The minimum Gasteiger partial charge on any atom is -0.350 e. The molecule has 0 radical (unpaired) electrons. The molecule has 1 aliphatic rings. The summed E-state index contributed by atoms with van der Waals surface area (Å²) < 4.78 is 0. The van der Waals surface area contributed by atoms with Crippen LogP contribution in [-0.2, 0) is 11.3 Å². The lowest BCUT2D eigenvalue weighted by molar-refractivity contribution is -0.124. The first-order valence-corrected chi connectivity index (χ1v) is 8.16. The SMILES string of the molecule is NCCSC(=O)N1CCCC1C(=O)NCc1ccccc1. The highest BCUT2D eigenvalue weighted by Gasteiger charge is 2.33. The van der Waals surface area contributed by atoms with Gasteiger partial charge >= 0.3 is 0 Å². The Labute approximate surface area is 129 Å². The van der Waals surface area contributed by atoms with Crippen LogP contribution in [0.15, 0.2) is 30.3 Å². The zero-order valence-electron chi connectivity index (χ0n) is 12.0. The van der Waals surface area contributed by atoms with Crippen LogP contribution in [0, 0.1) is 0 Å². The zero-order valence-corrected chi connectivity index (χ0v) is 12.8. The largest absolute Gasteiger partial charge is 0.350 e. The summed E-state index contributed by atoms with van der Waals surface area (Å²) in [4.78, 5) is 26.0. The maximum atomic E-state index is 12.3. The van der Waals surface area contributed by atoms with Crippen LogP contribution in [0.5, 0.6) is 0 Å². The van der Waals surface area contributed by atoms with Crippen molar-refractivity contribution in [2.24, 2.45) is 5.73 Å². The molecule has 1 aliphatic heterocycles. The zero-order chi connectivity index (χ0) is 15.1. The lowest BCUT2D eigenvalue weighted by atomic mass is 10.2. The fourth-order valence-electron chi connectivity index (χ4n) is 2.39. The van der Waals surface area contributed by atoms with Crippen LogP contribution < -0.4 is 11.1 Å². The van der Waals surface area contributed by atoms with E-state index in [1.54, 1.807) is 4.90 Å². The average Bonchev–Trinajstić information content (AvgIpc) is 3.01. The molecule has 1 heterocycles. The Morgan fingerprint density at radius 1 is 1.33 bits per heavy atom. The van der Waals surface area contributed by atoms with Gasteiger partial charge in [0.05, 0.1) is 0 Å². The minimum atomic E-state index is -0.341. The number of carbonyl (C=O) groups is 2. The second-order valence-electron chi connectivity index (χ2n) is 4.96. The fourth-order valence-corrected chi connectivity index (χ4v) is 3.07. The van der Waals surface area contributed by atoms with E-state index in [9.17, 15) is 9.59 Å². The molecule has 1 fully saturated rings. The fraction of sp³-hybridized carbons (Fsp3) is 0.467. The van der Waals surface area contributed by atoms with Gasteiger partial charge in [0.2, 0.25) is 5.91 Å². The van der Waals surface area contributed by atoms with Crippen LogP contribution in [0.25, 0.3) is 0 Å². The smallest absolute Gasteiger partial charge is 0.282 e. The van der Waals surface area contributed by atoms with Crippen molar-refractivity contribution in [3.8, 4) is 0 Å². The number of nitrogens with one attached hydrogen (secondary N) is 1. The number of nitrogens with zero attached hydrogens (tertiary/aromatic N) is 1. The summed E-state index contributed by atoms with van der Waals surface area (Å²) in [5.74, 6) is 0.520. The van der Waals surface area contributed by atoms with Crippen LogP contribution in [-0.4, -0.2) is 40.9 Å². The summed E-state index contributed by atoms with van der Waals surface area (Å²) >= 11 is 1.19. The van der Waals surface area contributed by atoms with E-state index in [1.165, 1.54) is 11.8 Å². The maximum Gasteiger partial charge on any atom is 0.282 e. The lowest BCUT2D eigenvalue weighted by Crippen LogP contribution is -2.44. The van der Waals surface area contributed by atoms with Gasteiger partial charge < -0.3 is 16.0 Å². The van der Waals surface area contributed by atoms with Crippen LogP contribution in [0.4, 0.5) is 4.79 Å². The number of amides is 2. The molecule has 0 spiro atoms. The molecule has 0 aliphatic carbocycles. The Kier molecular flexibility index (Phi) is 6.07. The van der Waals surface area contributed by atoms with E-state index in [2.05, 4.69) is 5.32 Å². The Bertz CT molecular complexity index is 481. The van der Waals surface area contributed by atoms with Crippen LogP contribution in [0.1, 0.15) is 18.4 Å². The van der Waals surface area contributed by atoms with Crippen molar-refractivity contribution in [2.75, 3.05) is 18.8 Å². The summed E-state index contributed by atoms with van der Waals surface area (Å²) in [5, 5.41) is 2.87. The van der Waals surface area contributed by atoms with Gasteiger partial charge in [-0.1, -0.05) is 42.1 Å². The van der Waals surface area contributed by atoms with Gasteiger partial charge in [0.15, 0.2) is 0 Å². The van der Waals surface area contributed by atoms with Crippen LogP contribution in [0.3, 0.4) is 0 Å². The lowest BCUT2D eigenvalue weighted by Gasteiger charge is -2.23. The predicted molar refractivity (Wildman–Crippen MR) is 84.9 cm³/mol. The summed E-state index contributed by atoms with van der Waals surface area (Å²) in [6.07, 6.45) is 1.61. The van der Waals surface area contributed by atoms with Gasteiger partial charge in [-0.3, -0.25) is 9.59 Å². The molecule has 0 bridgehead atoms. The van der Waals surface area contributed by atoms with Crippen LogP contribution in [0.2, 0.25) is 0 Å². The van der Waals surface area contributed by atoms with Gasteiger partial charge in [0, 0.05) is 25.4 Å². The predicted octanol–water partition coefficient (Wildman–Crippen LogP) is 1.58. The first kappa shape index (κ1) is 15.9. The number of likely N-dealkylation sites (tertiary alicyclic amines) is 1. The number of benzene rings is 1. The topological polar surface area (TPSA) is 75.4 Å². The van der Waals surface area contributed by atoms with Crippen molar-refractivity contribution in [2.45, 2.75) is 25.4 Å². The molecule has 1 saturated heterocycles. The van der Waals surface area contributed by atoms with E-state index >= 15 is 0 Å².